The van der Waals surface area contributed by atoms with E-state index in [2.05, 4.69) is 35.0 Å². The van der Waals surface area contributed by atoms with Crippen LogP contribution in [0.2, 0.25) is 0 Å². The van der Waals surface area contributed by atoms with Crippen LogP contribution in [0.1, 0.15) is 42.9 Å². The van der Waals surface area contributed by atoms with E-state index in [9.17, 15) is 13.2 Å². The van der Waals surface area contributed by atoms with Gasteiger partial charge in [0.15, 0.2) is 0 Å². The average Bonchev–Trinajstić information content (AvgIpc) is 3.21. The number of amides is 2. The number of hydrogen-bond donors (Lipinski definition) is 2. The van der Waals surface area contributed by atoms with Crippen LogP contribution in [0.25, 0.3) is 5.57 Å². The number of aryl methyl sites for hydroxylation is 1. The molecule has 0 aromatic heterocycles. The molecule has 8 nitrogen and oxygen atoms in total. The van der Waals surface area contributed by atoms with Crippen LogP contribution in [0, 0.1) is 0 Å². The van der Waals surface area contributed by atoms with Crippen LogP contribution in [-0.2, 0) is 27.6 Å². The number of fused-ring (bicyclic) bond motifs is 1. The summed E-state index contributed by atoms with van der Waals surface area (Å²) in [6, 6.07) is 3.23. The first-order valence-electron chi connectivity index (χ1n) is 10.8. The number of urea groups is 1. The van der Waals surface area contributed by atoms with Crippen LogP contribution < -0.4 is 10.0 Å². The van der Waals surface area contributed by atoms with Gasteiger partial charge in [0.2, 0.25) is 15.9 Å². The van der Waals surface area contributed by atoms with Crippen molar-refractivity contribution in [3.63, 3.8) is 0 Å². The number of hydrogen-bond acceptors (Lipinski definition) is 6. The number of piperidine rings is 1. The fourth-order valence-electron chi connectivity index (χ4n) is 4.20. The third-order valence-corrected chi connectivity index (χ3v) is 6.37. The second-order valence-corrected chi connectivity index (χ2v) is 10.1. The van der Waals surface area contributed by atoms with E-state index in [1.807, 2.05) is 29.9 Å². The zero-order valence-electron chi connectivity index (χ0n) is 19.0. The Morgan fingerprint density at radius 1 is 1.28 bits per heavy atom. The van der Waals surface area contributed by atoms with E-state index in [0.717, 1.165) is 73.7 Å². The first kappa shape index (κ1) is 24.0. The number of anilines is 1. The maximum atomic E-state index is 12.4. The molecule has 1 aliphatic heterocycles. The van der Waals surface area contributed by atoms with Crippen LogP contribution in [0.15, 0.2) is 35.2 Å². The zero-order chi connectivity index (χ0) is 23.3. The Balaban J connectivity index is 1.91. The summed E-state index contributed by atoms with van der Waals surface area (Å²) in [6.45, 7) is 7.51. The number of carbonyl (C=O) groups is 1. The first-order chi connectivity index (χ1) is 15.2. The number of nitrogens with one attached hydrogen (secondary N) is 2. The van der Waals surface area contributed by atoms with E-state index in [1.54, 1.807) is 0 Å². The average molecular weight is 461 g/mol. The minimum atomic E-state index is -3.67. The van der Waals surface area contributed by atoms with Gasteiger partial charge in [-0.15, -0.1) is 0 Å². The number of aliphatic imine (C=N–C) groups is 1. The van der Waals surface area contributed by atoms with E-state index in [-0.39, 0.29) is 6.10 Å². The highest BCUT2D eigenvalue weighted by molar-refractivity contribution is 7.89. The summed E-state index contributed by atoms with van der Waals surface area (Å²) >= 11 is 0. The highest BCUT2D eigenvalue weighted by Gasteiger charge is 2.23. The zero-order valence-corrected chi connectivity index (χ0v) is 19.8. The molecule has 1 aromatic rings. The Bertz CT molecular complexity index is 1040. The van der Waals surface area contributed by atoms with Crippen LogP contribution in [0.5, 0.6) is 0 Å². The number of nitrogens with zero attached hydrogens (tertiary/aromatic N) is 2. The number of carbonyl (C=O) groups excluding carboxylic acids is 1. The maximum Gasteiger partial charge on any atom is 0.332 e. The maximum absolute atomic E-state index is 12.4. The Hall–Kier alpha value is -2.65. The summed E-state index contributed by atoms with van der Waals surface area (Å²) in [5.41, 5.74) is 4.40. The second-order valence-electron chi connectivity index (χ2n) is 8.31. The van der Waals surface area contributed by atoms with Crippen LogP contribution >= 0.6 is 0 Å². The van der Waals surface area contributed by atoms with Gasteiger partial charge in [-0.3, -0.25) is 0 Å². The Labute approximate surface area is 190 Å². The standard InChI is InChI=1S/C23H32N4O4S/c1-5-16(15-21(24-2)31-18-11-13-27(3)14-12-18)20-10-9-17-7-6-8-19(17)22(20)25-23(28)26-32(4,29)30/h5,9-10,15,18H,2,6-8,11-14H2,1,3-4H3,(H2,25,26,28)/b16-5+,21-15+. The summed E-state index contributed by atoms with van der Waals surface area (Å²) in [7, 11) is -1.58. The van der Waals surface area contributed by atoms with Gasteiger partial charge in [0, 0.05) is 24.7 Å². The molecule has 2 N–H and O–H groups in total. The van der Waals surface area contributed by atoms with Crippen molar-refractivity contribution in [1.29, 1.82) is 0 Å². The molecule has 1 fully saturated rings. The first-order valence-corrected chi connectivity index (χ1v) is 12.7. The lowest BCUT2D eigenvalue weighted by Gasteiger charge is -2.29. The lowest BCUT2D eigenvalue weighted by molar-refractivity contribution is 0.0576. The third-order valence-electron chi connectivity index (χ3n) is 5.81. The minimum absolute atomic E-state index is 0.0826. The molecule has 2 amide bonds. The molecule has 0 bridgehead atoms. The van der Waals surface area contributed by atoms with E-state index in [1.165, 1.54) is 0 Å². The number of benzene rings is 1. The SMILES string of the molecule is C=N/C(=C\C(=C/C)c1ccc2c(c1NC(=O)NS(C)(=O)=O)CCC2)OC1CCN(C)CC1. The second kappa shape index (κ2) is 10.3. The number of sulfonamides is 1. The van der Waals surface area contributed by atoms with Crippen molar-refractivity contribution in [2.45, 2.75) is 45.1 Å². The Morgan fingerprint density at radius 2 is 2.00 bits per heavy atom. The number of ether oxygens (including phenoxy) is 1. The van der Waals surface area contributed by atoms with Gasteiger partial charge >= 0.3 is 6.03 Å². The molecule has 32 heavy (non-hydrogen) atoms. The molecule has 0 atom stereocenters. The molecule has 0 spiro atoms. The highest BCUT2D eigenvalue weighted by Crippen LogP contribution is 2.36. The molecular weight excluding hydrogens is 428 g/mol. The summed E-state index contributed by atoms with van der Waals surface area (Å²) in [4.78, 5) is 18.7. The third kappa shape index (κ3) is 6.20. The topological polar surface area (TPSA) is 100 Å². The lowest BCUT2D eigenvalue weighted by Crippen LogP contribution is -2.34. The van der Waals surface area contributed by atoms with Gasteiger partial charge in [-0.25, -0.2) is 22.9 Å². The van der Waals surface area contributed by atoms with Gasteiger partial charge < -0.3 is 15.0 Å². The molecule has 9 heteroatoms. The molecule has 0 radical (unpaired) electrons. The molecule has 0 unspecified atom stereocenters. The van der Waals surface area contributed by atoms with Crippen LogP contribution in [0.3, 0.4) is 0 Å². The predicted molar refractivity (Wildman–Crippen MR) is 128 cm³/mol. The lowest BCUT2D eigenvalue weighted by atomic mass is 9.96. The summed E-state index contributed by atoms with van der Waals surface area (Å²) < 4.78 is 31.1. The molecule has 0 saturated carbocycles. The minimum Gasteiger partial charge on any atom is -0.474 e. The van der Waals surface area contributed by atoms with Gasteiger partial charge in [-0.05, 0) is 69.5 Å². The Morgan fingerprint density at radius 3 is 2.62 bits per heavy atom. The van der Waals surface area contributed by atoms with Crippen molar-refractivity contribution < 1.29 is 17.9 Å². The van der Waals surface area contributed by atoms with Crippen molar-refractivity contribution >= 4 is 34.0 Å². The number of allylic oxidation sites excluding steroid dienone is 3. The number of rotatable bonds is 7. The van der Waals surface area contributed by atoms with Gasteiger partial charge in [0.25, 0.3) is 0 Å². The Kier molecular flexibility index (Phi) is 7.73. The van der Waals surface area contributed by atoms with E-state index >= 15 is 0 Å². The quantitative estimate of drug-likeness (QED) is 0.369. The summed E-state index contributed by atoms with van der Waals surface area (Å²) in [5, 5.41) is 2.77. The molecule has 1 aliphatic carbocycles. The molecule has 3 rings (SSSR count). The highest BCUT2D eigenvalue weighted by atomic mass is 32.2. The predicted octanol–water partition coefficient (Wildman–Crippen LogP) is 3.31. The van der Waals surface area contributed by atoms with Gasteiger partial charge in [0.1, 0.15) is 6.10 Å². The van der Waals surface area contributed by atoms with E-state index in [0.29, 0.717) is 11.6 Å². The molecule has 1 saturated heterocycles. The summed E-state index contributed by atoms with van der Waals surface area (Å²) in [6.07, 6.45) is 9.35. The molecular formula is C23H32N4O4S. The summed E-state index contributed by atoms with van der Waals surface area (Å²) in [5.74, 6) is 0.430. The van der Waals surface area contributed by atoms with Gasteiger partial charge in [-0.2, -0.15) is 0 Å². The normalized spacial score (nSPS) is 18.2. The van der Waals surface area contributed by atoms with Crippen LogP contribution in [-0.4, -0.2) is 58.6 Å². The van der Waals surface area contributed by atoms with Gasteiger partial charge in [-0.1, -0.05) is 18.2 Å². The molecule has 174 valence electrons. The molecule has 2 aliphatic rings. The van der Waals surface area contributed by atoms with Crippen molar-refractivity contribution in [2.75, 3.05) is 31.7 Å². The molecule has 1 heterocycles. The monoisotopic (exact) mass is 460 g/mol. The van der Waals surface area contributed by atoms with Crippen molar-refractivity contribution in [3.05, 3.63) is 46.9 Å². The van der Waals surface area contributed by atoms with Crippen LogP contribution in [0.4, 0.5) is 10.5 Å². The smallest absolute Gasteiger partial charge is 0.332 e. The number of likely N-dealkylation sites (tertiary alicyclic amines) is 1. The van der Waals surface area contributed by atoms with E-state index < -0.39 is 16.1 Å². The largest absolute Gasteiger partial charge is 0.474 e. The van der Waals surface area contributed by atoms with Crippen molar-refractivity contribution in [3.8, 4) is 0 Å². The fraction of sp³-hybridized carbons (Fsp3) is 0.478. The van der Waals surface area contributed by atoms with E-state index in [4.69, 9.17) is 4.74 Å². The molecule has 1 aromatic carbocycles. The fourth-order valence-corrected chi connectivity index (χ4v) is 4.58. The van der Waals surface area contributed by atoms with Crippen molar-refractivity contribution in [1.82, 2.24) is 9.62 Å². The van der Waals surface area contributed by atoms with Gasteiger partial charge in [0.05, 0.1) is 11.9 Å². The van der Waals surface area contributed by atoms with Crippen molar-refractivity contribution in [2.24, 2.45) is 4.99 Å².